The van der Waals surface area contributed by atoms with Crippen LogP contribution in [0.5, 0.6) is 0 Å². The highest BCUT2D eigenvalue weighted by Gasteiger charge is 2.45. The van der Waals surface area contributed by atoms with Crippen LogP contribution in [0.15, 0.2) is 30.5 Å². The zero-order valence-electron chi connectivity index (χ0n) is 14.0. The van der Waals surface area contributed by atoms with Gasteiger partial charge in [0.1, 0.15) is 6.54 Å². The maximum Gasteiger partial charge on any atom is 0.310 e. The van der Waals surface area contributed by atoms with Crippen LogP contribution in [0.1, 0.15) is 25.7 Å². The van der Waals surface area contributed by atoms with Gasteiger partial charge in [0, 0.05) is 25.4 Å². The van der Waals surface area contributed by atoms with Crippen LogP contribution in [0.25, 0.3) is 10.9 Å². The molecule has 0 radical (unpaired) electrons. The van der Waals surface area contributed by atoms with Crippen molar-refractivity contribution >= 4 is 34.4 Å². The molecule has 132 valence electrons. The quantitative estimate of drug-likeness (QED) is 0.746. The fourth-order valence-electron chi connectivity index (χ4n) is 3.22. The Kier molecular flexibility index (Phi) is 4.48. The zero-order chi connectivity index (χ0) is 18.0. The van der Waals surface area contributed by atoms with E-state index in [1.165, 1.54) is 0 Å². The van der Waals surface area contributed by atoms with E-state index in [1.54, 1.807) is 23.7 Å². The van der Waals surface area contributed by atoms with Crippen molar-refractivity contribution in [2.75, 3.05) is 12.4 Å². The summed E-state index contributed by atoms with van der Waals surface area (Å²) >= 11 is 0. The van der Waals surface area contributed by atoms with Gasteiger partial charge < -0.3 is 20.3 Å². The SMILES string of the molecule is CNC(=O)Cn1ccc2ccc(NC(=O)CC3(C(=O)O)CCC3)cc21. The lowest BCUT2D eigenvalue weighted by Gasteiger charge is -2.36. The number of amides is 2. The molecule has 3 N–H and O–H groups in total. The fraction of sp³-hybridized carbons (Fsp3) is 0.389. The average Bonchev–Trinajstić information content (AvgIpc) is 2.92. The topological polar surface area (TPSA) is 100 Å². The molecule has 0 spiro atoms. The first-order valence-electron chi connectivity index (χ1n) is 8.26. The third-order valence-electron chi connectivity index (χ3n) is 4.91. The number of hydrogen-bond donors (Lipinski definition) is 3. The molecule has 2 aromatic rings. The third kappa shape index (κ3) is 3.35. The van der Waals surface area contributed by atoms with Gasteiger partial charge >= 0.3 is 5.97 Å². The van der Waals surface area contributed by atoms with E-state index in [2.05, 4.69) is 10.6 Å². The molecule has 0 unspecified atom stereocenters. The van der Waals surface area contributed by atoms with E-state index in [0.717, 1.165) is 17.3 Å². The summed E-state index contributed by atoms with van der Waals surface area (Å²) in [4.78, 5) is 35.2. The summed E-state index contributed by atoms with van der Waals surface area (Å²) in [5.74, 6) is -1.31. The van der Waals surface area contributed by atoms with Crippen LogP contribution in [-0.2, 0) is 20.9 Å². The minimum Gasteiger partial charge on any atom is -0.481 e. The van der Waals surface area contributed by atoms with Gasteiger partial charge in [0.2, 0.25) is 11.8 Å². The second-order valence-corrected chi connectivity index (χ2v) is 6.55. The van der Waals surface area contributed by atoms with E-state index < -0.39 is 11.4 Å². The summed E-state index contributed by atoms with van der Waals surface area (Å²) in [6, 6.07) is 7.34. The molecule has 7 heteroatoms. The highest BCUT2D eigenvalue weighted by Crippen LogP contribution is 2.44. The van der Waals surface area contributed by atoms with Crippen molar-refractivity contribution in [2.45, 2.75) is 32.2 Å². The third-order valence-corrected chi connectivity index (χ3v) is 4.91. The smallest absolute Gasteiger partial charge is 0.310 e. The Morgan fingerprint density at radius 1 is 1.20 bits per heavy atom. The van der Waals surface area contributed by atoms with Gasteiger partial charge in [-0.1, -0.05) is 12.5 Å². The summed E-state index contributed by atoms with van der Waals surface area (Å²) in [7, 11) is 1.58. The van der Waals surface area contributed by atoms with E-state index in [9.17, 15) is 19.5 Å². The molecule has 0 aliphatic heterocycles. The summed E-state index contributed by atoms with van der Waals surface area (Å²) in [5.41, 5.74) is 0.514. The number of nitrogens with zero attached hydrogens (tertiary/aromatic N) is 1. The number of fused-ring (bicyclic) bond motifs is 1. The summed E-state index contributed by atoms with van der Waals surface area (Å²) < 4.78 is 1.80. The van der Waals surface area contributed by atoms with Crippen LogP contribution in [0.2, 0.25) is 0 Å². The monoisotopic (exact) mass is 343 g/mol. The second-order valence-electron chi connectivity index (χ2n) is 6.55. The van der Waals surface area contributed by atoms with Crippen molar-refractivity contribution in [1.82, 2.24) is 9.88 Å². The number of anilines is 1. The van der Waals surface area contributed by atoms with Crippen molar-refractivity contribution in [1.29, 1.82) is 0 Å². The molecule has 1 heterocycles. The summed E-state index contributed by atoms with van der Waals surface area (Å²) in [6.45, 7) is 0.194. The number of carbonyl (C=O) groups is 3. The van der Waals surface area contributed by atoms with Crippen molar-refractivity contribution in [2.24, 2.45) is 5.41 Å². The number of benzene rings is 1. The lowest BCUT2D eigenvalue weighted by atomic mass is 9.66. The van der Waals surface area contributed by atoms with E-state index in [-0.39, 0.29) is 24.8 Å². The Balaban J connectivity index is 1.75. The van der Waals surface area contributed by atoms with Crippen molar-refractivity contribution in [3.8, 4) is 0 Å². The number of carbonyl (C=O) groups excluding carboxylic acids is 2. The first-order valence-corrected chi connectivity index (χ1v) is 8.26. The van der Waals surface area contributed by atoms with Gasteiger partial charge in [-0.25, -0.2) is 0 Å². The van der Waals surface area contributed by atoms with Gasteiger partial charge in [-0.05, 0) is 36.4 Å². The van der Waals surface area contributed by atoms with E-state index in [4.69, 9.17) is 0 Å². The Hall–Kier alpha value is -2.83. The summed E-state index contributed by atoms with van der Waals surface area (Å²) in [5, 5.41) is 15.7. The van der Waals surface area contributed by atoms with Crippen molar-refractivity contribution < 1.29 is 19.5 Å². The number of carboxylic acids is 1. The first kappa shape index (κ1) is 17.0. The molecule has 0 saturated heterocycles. The Morgan fingerprint density at radius 3 is 2.56 bits per heavy atom. The molecule has 1 aromatic heterocycles. The number of rotatable bonds is 6. The highest BCUT2D eigenvalue weighted by atomic mass is 16.4. The largest absolute Gasteiger partial charge is 0.481 e. The average molecular weight is 343 g/mol. The van der Waals surface area contributed by atoms with E-state index in [1.807, 2.05) is 18.3 Å². The zero-order valence-corrected chi connectivity index (χ0v) is 14.0. The predicted octanol–water partition coefficient (Wildman–Crippen LogP) is 1.97. The normalized spacial score (nSPS) is 15.4. The molecular weight excluding hydrogens is 322 g/mol. The van der Waals surface area contributed by atoms with Crippen LogP contribution in [0.3, 0.4) is 0 Å². The van der Waals surface area contributed by atoms with Crippen LogP contribution in [0.4, 0.5) is 5.69 Å². The minimum atomic E-state index is -0.909. The Morgan fingerprint density at radius 2 is 1.96 bits per heavy atom. The molecular formula is C18H21N3O4. The van der Waals surface area contributed by atoms with Crippen LogP contribution >= 0.6 is 0 Å². The fourth-order valence-corrected chi connectivity index (χ4v) is 3.22. The summed E-state index contributed by atoms with van der Waals surface area (Å²) in [6.07, 6.45) is 3.74. The maximum atomic E-state index is 12.3. The molecule has 1 saturated carbocycles. The second kappa shape index (κ2) is 6.58. The molecule has 1 aliphatic carbocycles. The van der Waals surface area contributed by atoms with Crippen molar-refractivity contribution in [3.05, 3.63) is 30.5 Å². The molecule has 1 aliphatic rings. The van der Waals surface area contributed by atoms with Crippen LogP contribution in [0, 0.1) is 5.41 Å². The van der Waals surface area contributed by atoms with E-state index >= 15 is 0 Å². The molecule has 7 nitrogen and oxygen atoms in total. The van der Waals surface area contributed by atoms with Crippen LogP contribution < -0.4 is 10.6 Å². The van der Waals surface area contributed by atoms with E-state index in [0.29, 0.717) is 18.5 Å². The maximum absolute atomic E-state index is 12.3. The molecule has 1 aromatic carbocycles. The van der Waals surface area contributed by atoms with Gasteiger partial charge in [-0.3, -0.25) is 14.4 Å². The number of hydrogen-bond acceptors (Lipinski definition) is 3. The predicted molar refractivity (Wildman–Crippen MR) is 93.2 cm³/mol. The lowest BCUT2D eigenvalue weighted by molar-refractivity contribution is -0.157. The Bertz CT molecular complexity index is 836. The first-order chi connectivity index (χ1) is 11.9. The highest BCUT2D eigenvalue weighted by molar-refractivity contribution is 5.96. The minimum absolute atomic E-state index is 0.0143. The van der Waals surface area contributed by atoms with Gasteiger partial charge in [0.15, 0.2) is 0 Å². The Labute approximate surface area is 145 Å². The number of nitrogens with one attached hydrogen (secondary N) is 2. The molecule has 0 bridgehead atoms. The van der Waals surface area contributed by atoms with Gasteiger partial charge in [0.25, 0.3) is 0 Å². The number of aliphatic carboxylic acids is 1. The van der Waals surface area contributed by atoms with Gasteiger partial charge in [0.05, 0.1) is 10.9 Å². The molecule has 2 amide bonds. The molecule has 25 heavy (non-hydrogen) atoms. The number of carboxylic acid groups (broad SMARTS) is 1. The lowest BCUT2D eigenvalue weighted by Crippen LogP contribution is -2.41. The van der Waals surface area contributed by atoms with Crippen molar-refractivity contribution in [3.63, 3.8) is 0 Å². The molecule has 1 fully saturated rings. The number of aromatic nitrogens is 1. The van der Waals surface area contributed by atoms with Crippen LogP contribution in [-0.4, -0.2) is 34.5 Å². The van der Waals surface area contributed by atoms with Gasteiger partial charge in [-0.15, -0.1) is 0 Å². The molecule has 3 rings (SSSR count). The van der Waals surface area contributed by atoms with Gasteiger partial charge in [-0.2, -0.15) is 0 Å². The number of likely N-dealkylation sites (N-methyl/N-ethyl adjacent to an activating group) is 1. The standard InChI is InChI=1S/C18H21N3O4/c1-19-16(23)11-21-8-5-12-3-4-13(9-14(12)21)20-15(22)10-18(17(24)25)6-2-7-18/h3-5,8-9H,2,6-7,10-11H2,1H3,(H,19,23)(H,20,22)(H,24,25). The molecule has 0 atom stereocenters.